The predicted molar refractivity (Wildman–Crippen MR) is 120 cm³/mol. The quantitative estimate of drug-likeness (QED) is 0.486. The van der Waals surface area contributed by atoms with Crippen LogP contribution in [0.15, 0.2) is 52.7 Å². The van der Waals surface area contributed by atoms with Crippen LogP contribution in [0.3, 0.4) is 0 Å². The summed E-state index contributed by atoms with van der Waals surface area (Å²) in [7, 11) is -3.98. The van der Waals surface area contributed by atoms with Gasteiger partial charge < -0.3 is 5.11 Å². The first kappa shape index (κ1) is 22.3. The molecule has 0 radical (unpaired) electrons. The number of carboxylic acid groups (broad SMARTS) is 1. The van der Waals surface area contributed by atoms with Gasteiger partial charge >= 0.3 is 5.97 Å². The molecule has 0 saturated heterocycles. The molecule has 3 aromatic rings. The molecule has 0 aliphatic rings. The molecule has 1 N–H and O–H groups in total. The third-order valence-electron chi connectivity index (χ3n) is 4.55. The Bertz CT molecular complexity index is 1160. The summed E-state index contributed by atoms with van der Waals surface area (Å²) < 4.78 is 28.0. The van der Waals surface area contributed by atoms with Gasteiger partial charge in [0.05, 0.1) is 10.5 Å². The standard InChI is InChI=1S/C21H21ClN2O4S2/c1-3-11-24(19-13-29-20(23-19)15-5-8-16(22)9-6-15)30(27,28)17-10-7-14(4-2)18(12-17)21(25)26/h5-10,12-13H,3-4,11H2,1-2H3,(H,25,26). The maximum Gasteiger partial charge on any atom is 0.336 e. The molecule has 0 atom stereocenters. The van der Waals surface area contributed by atoms with E-state index in [0.29, 0.717) is 34.3 Å². The monoisotopic (exact) mass is 464 g/mol. The Morgan fingerprint density at radius 2 is 1.87 bits per heavy atom. The van der Waals surface area contributed by atoms with Crippen molar-refractivity contribution in [2.24, 2.45) is 0 Å². The topological polar surface area (TPSA) is 87.6 Å². The third-order valence-corrected chi connectivity index (χ3v) is 7.48. The van der Waals surface area contributed by atoms with Gasteiger partial charge in [-0.05, 0) is 42.7 Å². The number of halogens is 1. The molecule has 0 fully saturated rings. The highest BCUT2D eigenvalue weighted by molar-refractivity contribution is 7.92. The number of aromatic nitrogens is 1. The molecule has 0 spiro atoms. The number of benzene rings is 2. The van der Waals surface area contributed by atoms with Crippen molar-refractivity contribution in [2.75, 3.05) is 10.8 Å². The second-order valence-electron chi connectivity index (χ2n) is 6.57. The summed E-state index contributed by atoms with van der Waals surface area (Å²) in [6.07, 6.45) is 1.07. The van der Waals surface area contributed by atoms with Crippen LogP contribution in [-0.4, -0.2) is 31.0 Å². The van der Waals surface area contributed by atoms with Crippen molar-refractivity contribution >= 4 is 44.7 Å². The molecule has 9 heteroatoms. The van der Waals surface area contributed by atoms with Gasteiger partial charge in [0.1, 0.15) is 5.01 Å². The van der Waals surface area contributed by atoms with Crippen LogP contribution in [0.4, 0.5) is 5.82 Å². The van der Waals surface area contributed by atoms with Gasteiger partial charge in [-0.25, -0.2) is 22.5 Å². The predicted octanol–water partition coefficient (Wildman–Crippen LogP) is 5.33. The average Bonchev–Trinajstić information content (AvgIpc) is 3.21. The lowest BCUT2D eigenvalue weighted by Gasteiger charge is -2.22. The van der Waals surface area contributed by atoms with Crippen molar-refractivity contribution in [3.8, 4) is 10.6 Å². The number of anilines is 1. The van der Waals surface area contributed by atoms with Gasteiger partial charge in [-0.2, -0.15) is 0 Å². The lowest BCUT2D eigenvalue weighted by Crippen LogP contribution is -2.32. The first-order valence-electron chi connectivity index (χ1n) is 9.38. The molecule has 1 heterocycles. The molecule has 2 aromatic carbocycles. The van der Waals surface area contributed by atoms with E-state index >= 15 is 0 Å². The van der Waals surface area contributed by atoms with Gasteiger partial charge in [-0.3, -0.25) is 0 Å². The molecule has 0 aliphatic carbocycles. The lowest BCUT2D eigenvalue weighted by atomic mass is 10.1. The normalized spacial score (nSPS) is 11.4. The number of aromatic carboxylic acids is 1. The zero-order valence-corrected chi connectivity index (χ0v) is 18.9. The van der Waals surface area contributed by atoms with Crippen LogP contribution in [-0.2, 0) is 16.4 Å². The molecule has 0 amide bonds. The number of hydrogen-bond donors (Lipinski definition) is 1. The molecule has 30 heavy (non-hydrogen) atoms. The number of carboxylic acids is 1. The van der Waals surface area contributed by atoms with Crippen molar-refractivity contribution in [1.29, 1.82) is 0 Å². The maximum absolute atomic E-state index is 13.4. The summed E-state index contributed by atoms with van der Waals surface area (Å²) >= 11 is 7.27. The summed E-state index contributed by atoms with van der Waals surface area (Å²) in [4.78, 5) is 16.0. The summed E-state index contributed by atoms with van der Waals surface area (Å²) in [5.41, 5.74) is 1.42. The Morgan fingerprint density at radius 3 is 2.47 bits per heavy atom. The second kappa shape index (κ2) is 9.16. The molecule has 0 aliphatic heterocycles. The number of carbonyl (C=O) groups is 1. The number of sulfonamides is 1. The van der Waals surface area contributed by atoms with Crippen LogP contribution in [0.2, 0.25) is 5.02 Å². The Balaban J connectivity index is 2.03. The molecule has 6 nitrogen and oxygen atoms in total. The summed E-state index contributed by atoms with van der Waals surface area (Å²) in [6.45, 7) is 3.93. The van der Waals surface area contributed by atoms with E-state index in [1.165, 1.54) is 27.8 Å². The van der Waals surface area contributed by atoms with Crippen molar-refractivity contribution in [3.05, 3.63) is 64.0 Å². The van der Waals surface area contributed by atoms with E-state index in [-0.39, 0.29) is 17.0 Å². The molecule has 3 rings (SSSR count). The van der Waals surface area contributed by atoms with Gasteiger partial charge in [0.15, 0.2) is 5.82 Å². The van der Waals surface area contributed by atoms with Crippen molar-refractivity contribution in [3.63, 3.8) is 0 Å². The number of thiazole rings is 1. The SMILES string of the molecule is CCCN(c1csc(-c2ccc(Cl)cc2)n1)S(=O)(=O)c1ccc(CC)c(C(=O)O)c1. The minimum atomic E-state index is -3.98. The second-order valence-corrected chi connectivity index (χ2v) is 9.73. The minimum absolute atomic E-state index is 0.00449. The van der Waals surface area contributed by atoms with Gasteiger partial charge in [0.2, 0.25) is 0 Å². The summed E-state index contributed by atoms with van der Waals surface area (Å²) in [6, 6.07) is 11.4. The van der Waals surface area contributed by atoms with Crippen LogP contribution < -0.4 is 4.31 Å². The van der Waals surface area contributed by atoms with Crippen molar-refractivity contribution in [2.45, 2.75) is 31.6 Å². The highest BCUT2D eigenvalue weighted by atomic mass is 35.5. The van der Waals surface area contributed by atoms with Crippen LogP contribution in [0, 0.1) is 0 Å². The smallest absolute Gasteiger partial charge is 0.336 e. The van der Waals surface area contributed by atoms with Gasteiger partial charge in [0, 0.05) is 22.5 Å². The van der Waals surface area contributed by atoms with E-state index in [9.17, 15) is 18.3 Å². The highest BCUT2D eigenvalue weighted by Crippen LogP contribution is 2.32. The zero-order chi connectivity index (χ0) is 21.9. The molecule has 0 saturated carbocycles. The molecule has 0 bridgehead atoms. The first-order valence-corrected chi connectivity index (χ1v) is 12.1. The molecule has 158 valence electrons. The fourth-order valence-electron chi connectivity index (χ4n) is 3.02. The molecule has 0 unspecified atom stereocenters. The van der Waals surface area contributed by atoms with Gasteiger partial charge in [0.25, 0.3) is 10.0 Å². The minimum Gasteiger partial charge on any atom is -0.478 e. The fraction of sp³-hybridized carbons (Fsp3) is 0.238. The summed E-state index contributed by atoms with van der Waals surface area (Å²) in [5, 5.41) is 12.4. The Hall–Kier alpha value is -2.42. The summed E-state index contributed by atoms with van der Waals surface area (Å²) in [5.74, 6) is -0.840. The maximum atomic E-state index is 13.4. The van der Waals surface area contributed by atoms with Crippen molar-refractivity contribution < 1.29 is 18.3 Å². The van der Waals surface area contributed by atoms with E-state index in [4.69, 9.17) is 11.6 Å². The van der Waals surface area contributed by atoms with Crippen LogP contribution in [0.5, 0.6) is 0 Å². The Labute approximate surface area is 184 Å². The molecule has 1 aromatic heterocycles. The third kappa shape index (κ3) is 4.50. The van der Waals surface area contributed by atoms with E-state index in [0.717, 1.165) is 5.56 Å². The Morgan fingerprint density at radius 1 is 1.17 bits per heavy atom. The van der Waals surface area contributed by atoms with E-state index < -0.39 is 16.0 Å². The van der Waals surface area contributed by atoms with E-state index in [1.54, 1.807) is 23.6 Å². The van der Waals surface area contributed by atoms with Crippen LogP contribution >= 0.6 is 22.9 Å². The van der Waals surface area contributed by atoms with E-state index in [2.05, 4.69) is 4.98 Å². The molecular formula is C21H21ClN2O4S2. The number of nitrogens with zero attached hydrogens (tertiary/aromatic N) is 2. The highest BCUT2D eigenvalue weighted by Gasteiger charge is 2.28. The van der Waals surface area contributed by atoms with Crippen molar-refractivity contribution in [1.82, 2.24) is 4.98 Å². The van der Waals surface area contributed by atoms with Gasteiger partial charge in [-0.15, -0.1) is 11.3 Å². The van der Waals surface area contributed by atoms with Gasteiger partial charge in [-0.1, -0.05) is 43.6 Å². The lowest BCUT2D eigenvalue weighted by molar-refractivity contribution is 0.0695. The number of rotatable bonds is 8. The Kier molecular flexibility index (Phi) is 6.80. The van der Waals surface area contributed by atoms with Crippen LogP contribution in [0.1, 0.15) is 36.2 Å². The molecular weight excluding hydrogens is 444 g/mol. The fourth-order valence-corrected chi connectivity index (χ4v) is 5.55. The van der Waals surface area contributed by atoms with E-state index in [1.807, 2.05) is 26.0 Å². The largest absolute Gasteiger partial charge is 0.478 e. The first-order chi connectivity index (χ1) is 14.3. The number of aryl methyl sites for hydroxylation is 1. The zero-order valence-electron chi connectivity index (χ0n) is 16.5. The number of hydrogen-bond acceptors (Lipinski definition) is 5. The van der Waals surface area contributed by atoms with Crippen LogP contribution in [0.25, 0.3) is 10.6 Å². The average molecular weight is 465 g/mol.